The molecule has 0 fully saturated rings. The molecule has 21 heavy (non-hydrogen) atoms. The number of anilines is 1. The molecule has 0 amide bonds. The Hall–Kier alpha value is -1.47. The number of benzene rings is 1. The van der Waals surface area contributed by atoms with Gasteiger partial charge < -0.3 is 4.74 Å². The third-order valence-corrected chi connectivity index (χ3v) is 3.02. The number of esters is 1. The van der Waals surface area contributed by atoms with E-state index in [0.717, 1.165) is 12.1 Å². The highest BCUT2D eigenvalue weighted by atomic mass is 35.5. The zero-order chi connectivity index (χ0) is 16.2. The Balaban J connectivity index is 3.11. The Morgan fingerprint density at radius 3 is 2.24 bits per heavy atom. The van der Waals surface area contributed by atoms with Crippen LogP contribution < -0.4 is 5.43 Å². The van der Waals surface area contributed by atoms with Gasteiger partial charge in [0.25, 0.3) is 0 Å². The minimum Gasteiger partial charge on any atom is -0.464 e. The second kappa shape index (κ2) is 7.00. The van der Waals surface area contributed by atoms with Crippen LogP contribution in [0.5, 0.6) is 0 Å². The molecule has 4 nitrogen and oxygen atoms in total. The molecule has 0 bridgehead atoms. The first-order valence-corrected chi connectivity index (χ1v) is 6.43. The molecule has 1 N–H and O–H groups in total. The molecular weight excluding hydrogens is 332 g/mol. The van der Waals surface area contributed by atoms with Gasteiger partial charge in [-0.25, -0.2) is 4.79 Å². The molecule has 0 unspecified atom stereocenters. The number of hydrogen-bond donors (Lipinski definition) is 1. The Kier molecular flexibility index (Phi) is 5.86. The summed E-state index contributed by atoms with van der Waals surface area (Å²) in [5.74, 6) is -0.663. The quantitative estimate of drug-likeness (QED) is 0.502. The maximum absolute atomic E-state index is 12.6. The maximum atomic E-state index is 12.6. The third-order valence-electron chi connectivity index (χ3n) is 2.43. The first-order valence-electron chi connectivity index (χ1n) is 5.67. The number of carbonyl (C=O) groups excluding carboxylic acids is 1. The van der Waals surface area contributed by atoms with E-state index in [9.17, 15) is 18.0 Å². The van der Waals surface area contributed by atoms with Gasteiger partial charge in [-0.3, -0.25) is 5.43 Å². The van der Waals surface area contributed by atoms with Crippen molar-refractivity contribution >= 4 is 40.6 Å². The van der Waals surface area contributed by atoms with E-state index in [1.807, 2.05) is 0 Å². The maximum Gasteiger partial charge on any atom is 0.416 e. The number of rotatable bonds is 4. The monoisotopic (exact) mass is 342 g/mol. The number of hydrogen-bond acceptors (Lipinski definition) is 4. The van der Waals surface area contributed by atoms with Gasteiger partial charge in [0.1, 0.15) is 5.71 Å². The van der Waals surface area contributed by atoms with E-state index in [1.54, 1.807) is 6.92 Å². The summed E-state index contributed by atoms with van der Waals surface area (Å²) in [6.45, 7) is 1.66. The normalized spacial score (nSPS) is 12.2. The molecule has 9 heteroatoms. The molecule has 0 heterocycles. The van der Waals surface area contributed by atoms with Crippen LogP contribution in [0.3, 0.4) is 0 Å². The van der Waals surface area contributed by atoms with Gasteiger partial charge in [-0.15, -0.1) is 0 Å². The van der Waals surface area contributed by atoms with Crippen molar-refractivity contribution in [2.75, 3.05) is 12.5 Å². The molecule has 0 aliphatic carbocycles. The first kappa shape index (κ1) is 17.6. The molecule has 1 aromatic carbocycles. The molecule has 0 spiro atoms. The Bertz CT molecular complexity index is 551. The van der Waals surface area contributed by atoms with Gasteiger partial charge in [-0.1, -0.05) is 30.1 Å². The average Bonchev–Trinajstić information content (AvgIpc) is 2.40. The number of nitrogens with one attached hydrogen (secondary N) is 1. The molecule has 0 atom stereocenters. The molecule has 0 radical (unpaired) electrons. The molecule has 1 aromatic rings. The first-order chi connectivity index (χ1) is 9.70. The van der Waals surface area contributed by atoms with Crippen molar-refractivity contribution < 1.29 is 22.7 Å². The topological polar surface area (TPSA) is 50.7 Å². The Morgan fingerprint density at radius 2 is 1.86 bits per heavy atom. The molecule has 116 valence electrons. The molecule has 0 aliphatic heterocycles. The summed E-state index contributed by atoms with van der Waals surface area (Å²) in [6, 6.07) is 1.43. The third kappa shape index (κ3) is 4.50. The summed E-state index contributed by atoms with van der Waals surface area (Å²) in [7, 11) is 1.19. The zero-order valence-corrected chi connectivity index (χ0v) is 12.5. The van der Waals surface area contributed by atoms with Crippen LogP contribution in [0.2, 0.25) is 10.0 Å². The van der Waals surface area contributed by atoms with Crippen molar-refractivity contribution in [3.8, 4) is 0 Å². The van der Waals surface area contributed by atoms with Crippen LogP contribution in [0, 0.1) is 0 Å². The van der Waals surface area contributed by atoms with E-state index in [-0.39, 0.29) is 27.9 Å². The summed E-state index contributed by atoms with van der Waals surface area (Å²) >= 11 is 11.5. The van der Waals surface area contributed by atoms with E-state index >= 15 is 0 Å². The molecule has 0 saturated carbocycles. The Labute approximate surface area is 128 Å². The number of alkyl halides is 3. The molecule has 0 aromatic heterocycles. The second-order valence-corrected chi connectivity index (χ2v) is 4.64. The fraction of sp³-hybridized carbons (Fsp3) is 0.333. The smallest absolute Gasteiger partial charge is 0.416 e. The van der Waals surface area contributed by atoms with Crippen molar-refractivity contribution in [2.45, 2.75) is 19.5 Å². The highest BCUT2D eigenvalue weighted by molar-refractivity contribution is 6.39. The summed E-state index contributed by atoms with van der Waals surface area (Å²) in [5, 5.41) is 3.21. The van der Waals surface area contributed by atoms with Crippen LogP contribution in [0.1, 0.15) is 18.9 Å². The SMILES string of the molecule is CCC(=NNc1c(Cl)cc(C(F)(F)F)cc1Cl)C(=O)OC. The number of hydrazone groups is 1. The number of nitrogens with zero attached hydrogens (tertiary/aromatic N) is 1. The van der Waals surface area contributed by atoms with Crippen molar-refractivity contribution in [1.82, 2.24) is 0 Å². The Morgan fingerprint density at radius 1 is 1.33 bits per heavy atom. The van der Waals surface area contributed by atoms with Gasteiger partial charge in [-0.2, -0.15) is 18.3 Å². The lowest BCUT2D eigenvalue weighted by atomic mass is 10.2. The lowest BCUT2D eigenvalue weighted by molar-refractivity contribution is -0.137. The van der Waals surface area contributed by atoms with Crippen LogP contribution in [0.15, 0.2) is 17.2 Å². The standard InChI is InChI=1S/C12H11Cl2F3N2O2/c1-3-9(11(20)21-2)18-19-10-7(13)4-6(5-8(10)14)12(15,16)17/h4-5,19H,3H2,1-2H3. The van der Waals surface area contributed by atoms with Crippen LogP contribution in [0.4, 0.5) is 18.9 Å². The predicted octanol–water partition coefficient (Wildman–Crippen LogP) is 4.36. The number of ether oxygens (including phenoxy) is 1. The minimum atomic E-state index is -4.56. The van der Waals surface area contributed by atoms with Crippen molar-refractivity contribution in [2.24, 2.45) is 5.10 Å². The molecular formula is C12H11Cl2F3N2O2. The van der Waals surface area contributed by atoms with Gasteiger partial charge in [0.2, 0.25) is 0 Å². The van der Waals surface area contributed by atoms with E-state index in [0.29, 0.717) is 0 Å². The molecule has 1 rings (SSSR count). The van der Waals surface area contributed by atoms with Crippen molar-refractivity contribution in [3.63, 3.8) is 0 Å². The van der Waals surface area contributed by atoms with Gasteiger partial charge in [-0.05, 0) is 18.6 Å². The minimum absolute atomic E-state index is 0.0267. The van der Waals surface area contributed by atoms with Crippen LogP contribution in [-0.4, -0.2) is 18.8 Å². The fourth-order valence-electron chi connectivity index (χ4n) is 1.35. The zero-order valence-electron chi connectivity index (χ0n) is 11.0. The highest BCUT2D eigenvalue weighted by Crippen LogP contribution is 2.38. The summed E-state index contributed by atoms with van der Waals surface area (Å²) in [6.07, 6.45) is -4.30. The van der Waals surface area contributed by atoms with Crippen LogP contribution in [0.25, 0.3) is 0 Å². The average molecular weight is 343 g/mol. The van der Waals surface area contributed by atoms with Crippen molar-refractivity contribution in [1.29, 1.82) is 0 Å². The lowest BCUT2D eigenvalue weighted by Crippen LogP contribution is -2.16. The van der Waals surface area contributed by atoms with Gasteiger partial charge >= 0.3 is 12.1 Å². The summed E-state index contributed by atoms with van der Waals surface area (Å²) in [5.41, 5.74) is 1.43. The van der Waals surface area contributed by atoms with Crippen molar-refractivity contribution in [3.05, 3.63) is 27.7 Å². The lowest BCUT2D eigenvalue weighted by Gasteiger charge is -2.12. The van der Waals surface area contributed by atoms with Gasteiger partial charge in [0.15, 0.2) is 0 Å². The van der Waals surface area contributed by atoms with Gasteiger partial charge in [0.05, 0.1) is 28.4 Å². The van der Waals surface area contributed by atoms with E-state index in [4.69, 9.17) is 23.2 Å². The summed E-state index contributed by atoms with van der Waals surface area (Å²) < 4.78 is 42.2. The highest BCUT2D eigenvalue weighted by Gasteiger charge is 2.32. The number of methoxy groups -OCH3 is 1. The van der Waals surface area contributed by atoms with Crippen LogP contribution >= 0.6 is 23.2 Å². The molecule has 0 saturated heterocycles. The summed E-state index contributed by atoms with van der Waals surface area (Å²) in [4.78, 5) is 11.3. The second-order valence-electron chi connectivity index (χ2n) is 3.83. The van der Waals surface area contributed by atoms with E-state index < -0.39 is 17.7 Å². The largest absolute Gasteiger partial charge is 0.464 e. The molecule has 0 aliphatic rings. The number of halogens is 5. The fourth-order valence-corrected chi connectivity index (χ4v) is 1.93. The van der Waals surface area contributed by atoms with E-state index in [1.165, 1.54) is 7.11 Å². The number of carbonyl (C=O) groups is 1. The van der Waals surface area contributed by atoms with Crippen LogP contribution in [-0.2, 0) is 15.7 Å². The van der Waals surface area contributed by atoms with E-state index in [2.05, 4.69) is 15.3 Å². The predicted molar refractivity (Wildman–Crippen MR) is 74.8 cm³/mol. The van der Waals surface area contributed by atoms with Gasteiger partial charge in [0, 0.05) is 0 Å².